The van der Waals surface area contributed by atoms with E-state index in [9.17, 15) is 0 Å². The zero-order valence-corrected chi connectivity index (χ0v) is 7.58. The van der Waals surface area contributed by atoms with Crippen molar-refractivity contribution >= 4 is 22.7 Å². The standard InChI is InChI=1S/C7H6N2S2/c1-5-6(11-4-9-5)7-8-2-3-10-7/h2-4H,1H3. The lowest BCUT2D eigenvalue weighted by atomic mass is 10.4. The molecule has 2 nitrogen and oxygen atoms in total. The van der Waals surface area contributed by atoms with E-state index in [1.165, 1.54) is 4.88 Å². The molecule has 0 N–H and O–H groups in total. The van der Waals surface area contributed by atoms with Crippen molar-refractivity contribution in [2.45, 2.75) is 6.92 Å². The number of thiazole rings is 2. The van der Waals surface area contributed by atoms with E-state index in [0.29, 0.717) is 0 Å². The molecule has 2 heterocycles. The molecule has 0 amide bonds. The molecule has 4 heteroatoms. The molecule has 11 heavy (non-hydrogen) atoms. The molecule has 0 fully saturated rings. The summed E-state index contributed by atoms with van der Waals surface area (Å²) in [4.78, 5) is 9.56. The first-order valence-electron chi connectivity index (χ1n) is 3.18. The van der Waals surface area contributed by atoms with Gasteiger partial charge in [-0.1, -0.05) is 0 Å². The van der Waals surface area contributed by atoms with E-state index in [-0.39, 0.29) is 0 Å². The van der Waals surface area contributed by atoms with Crippen molar-refractivity contribution in [1.29, 1.82) is 0 Å². The van der Waals surface area contributed by atoms with Crippen LogP contribution in [0.2, 0.25) is 0 Å². The van der Waals surface area contributed by atoms with Crippen LogP contribution in [0.1, 0.15) is 5.69 Å². The van der Waals surface area contributed by atoms with Gasteiger partial charge in [-0.2, -0.15) is 0 Å². The zero-order chi connectivity index (χ0) is 7.68. The van der Waals surface area contributed by atoms with Crippen LogP contribution < -0.4 is 0 Å². The van der Waals surface area contributed by atoms with Gasteiger partial charge >= 0.3 is 0 Å². The van der Waals surface area contributed by atoms with Crippen LogP contribution in [0.3, 0.4) is 0 Å². The zero-order valence-electron chi connectivity index (χ0n) is 5.94. The molecule has 2 aromatic heterocycles. The Bertz CT molecular complexity index is 337. The van der Waals surface area contributed by atoms with Crippen LogP contribution in [0, 0.1) is 6.92 Å². The van der Waals surface area contributed by atoms with Gasteiger partial charge in [0.2, 0.25) is 0 Å². The molecule has 0 radical (unpaired) electrons. The molecule has 0 aromatic carbocycles. The van der Waals surface area contributed by atoms with Crippen molar-refractivity contribution in [2.24, 2.45) is 0 Å². The van der Waals surface area contributed by atoms with Gasteiger partial charge in [0.25, 0.3) is 0 Å². The van der Waals surface area contributed by atoms with E-state index in [1.54, 1.807) is 22.7 Å². The van der Waals surface area contributed by atoms with Crippen molar-refractivity contribution in [3.05, 3.63) is 22.8 Å². The predicted molar refractivity (Wildman–Crippen MR) is 48.0 cm³/mol. The van der Waals surface area contributed by atoms with Crippen LogP contribution in [0.15, 0.2) is 17.1 Å². The van der Waals surface area contributed by atoms with E-state index in [0.717, 1.165) is 10.7 Å². The Hall–Kier alpha value is -0.740. The first kappa shape index (κ1) is 6.94. The molecular weight excluding hydrogens is 176 g/mol. The van der Waals surface area contributed by atoms with Gasteiger partial charge in [-0.15, -0.1) is 22.7 Å². The maximum Gasteiger partial charge on any atom is 0.135 e. The normalized spacial score (nSPS) is 10.3. The third kappa shape index (κ3) is 1.19. The average molecular weight is 182 g/mol. The second-order valence-corrected chi connectivity index (χ2v) is 3.85. The Kier molecular flexibility index (Phi) is 1.71. The highest BCUT2D eigenvalue weighted by Gasteiger charge is 2.05. The minimum Gasteiger partial charge on any atom is -0.249 e. The van der Waals surface area contributed by atoms with E-state index in [2.05, 4.69) is 9.97 Å². The number of hydrogen-bond donors (Lipinski definition) is 0. The van der Waals surface area contributed by atoms with Crippen molar-refractivity contribution in [3.8, 4) is 9.88 Å². The molecule has 0 spiro atoms. The Morgan fingerprint density at radius 3 is 2.73 bits per heavy atom. The highest BCUT2D eigenvalue weighted by molar-refractivity contribution is 7.20. The van der Waals surface area contributed by atoms with Crippen LogP contribution >= 0.6 is 22.7 Å². The summed E-state index contributed by atoms with van der Waals surface area (Å²) in [5.41, 5.74) is 2.93. The number of aryl methyl sites for hydroxylation is 1. The number of nitrogens with zero attached hydrogens (tertiary/aromatic N) is 2. The quantitative estimate of drug-likeness (QED) is 0.677. The van der Waals surface area contributed by atoms with Crippen LogP contribution in [0.25, 0.3) is 9.88 Å². The first-order valence-corrected chi connectivity index (χ1v) is 4.94. The number of hydrogen-bond acceptors (Lipinski definition) is 4. The summed E-state index contributed by atoms with van der Waals surface area (Å²) in [6.45, 7) is 2.01. The second-order valence-electron chi connectivity index (χ2n) is 2.10. The number of rotatable bonds is 1. The fourth-order valence-electron chi connectivity index (χ4n) is 0.843. The lowest BCUT2D eigenvalue weighted by molar-refractivity contribution is 1.26. The van der Waals surface area contributed by atoms with Crippen LogP contribution in [0.4, 0.5) is 0 Å². The summed E-state index contributed by atoms with van der Waals surface area (Å²) in [5, 5.41) is 3.05. The van der Waals surface area contributed by atoms with Crippen molar-refractivity contribution in [3.63, 3.8) is 0 Å². The molecule has 0 unspecified atom stereocenters. The summed E-state index contributed by atoms with van der Waals surface area (Å²) >= 11 is 3.30. The Morgan fingerprint density at radius 2 is 2.18 bits per heavy atom. The lowest BCUT2D eigenvalue weighted by Crippen LogP contribution is -1.74. The van der Waals surface area contributed by atoms with E-state index >= 15 is 0 Å². The lowest BCUT2D eigenvalue weighted by Gasteiger charge is -1.88. The largest absolute Gasteiger partial charge is 0.249 e. The van der Waals surface area contributed by atoms with Gasteiger partial charge in [0, 0.05) is 11.6 Å². The number of aromatic nitrogens is 2. The summed E-state index contributed by atoms with van der Waals surface area (Å²) < 4.78 is 0. The summed E-state index contributed by atoms with van der Waals surface area (Å²) in [5.74, 6) is 0. The molecule has 0 aliphatic rings. The maximum absolute atomic E-state index is 4.21. The first-order chi connectivity index (χ1) is 5.38. The fourth-order valence-corrected chi connectivity index (χ4v) is 2.45. The maximum atomic E-state index is 4.21. The highest BCUT2D eigenvalue weighted by Crippen LogP contribution is 2.28. The fraction of sp³-hybridized carbons (Fsp3) is 0.143. The summed E-state index contributed by atoms with van der Waals surface area (Å²) in [6.07, 6.45) is 1.82. The van der Waals surface area contributed by atoms with Crippen LogP contribution in [-0.2, 0) is 0 Å². The van der Waals surface area contributed by atoms with Gasteiger partial charge in [0.15, 0.2) is 0 Å². The molecule has 2 aromatic rings. The minimum absolute atomic E-state index is 1.07. The molecule has 0 saturated heterocycles. The SMILES string of the molecule is Cc1ncsc1-c1nccs1. The molecule has 0 aliphatic carbocycles. The molecule has 0 saturated carbocycles. The van der Waals surface area contributed by atoms with E-state index in [1.807, 2.05) is 24.0 Å². The van der Waals surface area contributed by atoms with E-state index < -0.39 is 0 Å². The Balaban J connectivity index is 2.53. The highest BCUT2D eigenvalue weighted by atomic mass is 32.1. The van der Waals surface area contributed by atoms with Crippen molar-refractivity contribution in [1.82, 2.24) is 9.97 Å². The third-order valence-corrected chi connectivity index (χ3v) is 3.23. The Labute approximate surface area is 72.6 Å². The van der Waals surface area contributed by atoms with Crippen LogP contribution in [0.5, 0.6) is 0 Å². The average Bonchev–Trinajstić information content (AvgIpc) is 2.55. The Morgan fingerprint density at radius 1 is 1.27 bits per heavy atom. The predicted octanol–water partition coefficient (Wildman–Crippen LogP) is 2.58. The second kappa shape index (κ2) is 2.71. The van der Waals surface area contributed by atoms with Crippen molar-refractivity contribution in [2.75, 3.05) is 0 Å². The van der Waals surface area contributed by atoms with Gasteiger partial charge in [-0.25, -0.2) is 9.97 Å². The molecule has 56 valence electrons. The molecule has 0 aliphatic heterocycles. The monoisotopic (exact) mass is 182 g/mol. The van der Waals surface area contributed by atoms with Gasteiger partial charge in [-0.3, -0.25) is 0 Å². The van der Waals surface area contributed by atoms with E-state index in [4.69, 9.17) is 0 Å². The van der Waals surface area contributed by atoms with Gasteiger partial charge in [-0.05, 0) is 6.92 Å². The topological polar surface area (TPSA) is 25.8 Å². The van der Waals surface area contributed by atoms with Gasteiger partial charge in [0.05, 0.1) is 16.1 Å². The molecular formula is C7H6N2S2. The smallest absolute Gasteiger partial charge is 0.135 e. The molecule has 2 rings (SSSR count). The molecule has 0 atom stereocenters. The van der Waals surface area contributed by atoms with Crippen molar-refractivity contribution < 1.29 is 0 Å². The third-order valence-electron chi connectivity index (χ3n) is 1.37. The summed E-state index contributed by atoms with van der Waals surface area (Å²) in [6, 6.07) is 0. The minimum atomic E-state index is 1.07. The van der Waals surface area contributed by atoms with Crippen LogP contribution in [-0.4, -0.2) is 9.97 Å². The molecule has 0 bridgehead atoms. The van der Waals surface area contributed by atoms with Gasteiger partial charge < -0.3 is 0 Å². The van der Waals surface area contributed by atoms with Gasteiger partial charge in [0.1, 0.15) is 5.01 Å². The summed E-state index contributed by atoms with van der Waals surface area (Å²) in [7, 11) is 0.